The Morgan fingerprint density at radius 1 is 1.05 bits per heavy atom. The topological polar surface area (TPSA) is 159 Å². The van der Waals surface area contributed by atoms with Gasteiger partial charge in [-0.15, -0.1) is 6.58 Å². The SMILES string of the molecule is C=CCNC(=O)C(=O)CNC(=O)[C@@H]1CC(C(C)C)CN1C(=O)[C@@H](NC(=O)N[C@H](Cn1ccccc1=O)C(C)C)C(C)(C)C. The second-order valence-corrected chi connectivity index (χ2v) is 12.8. The minimum absolute atomic E-state index is 0.0123. The molecule has 1 aromatic heterocycles. The number of Topliss-reactive ketones (excluding diaryl/α,β-unsaturated/α-hetero) is 1. The van der Waals surface area contributed by atoms with Crippen molar-refractivity contribution in [2.75, 3.05) is 19.6 Å². The van der Waals surface area contributed by atoms with Crippen molar-refractivity contribution in [3.05, 3.63) is 47.4 Å². The van der Waals surface area contributed by atoms with Gasteiger partial charge in [-0.25, -0.2) is 4.79 Å². The lowest BCUT2D eigenvalue weighted by atomic mass is 9.85. The lowest BCUT2D eigenvalue weighted by Gasteiger charge is -2.36. The number of nitrogens with one attached hydrogen (secondary N) is 4. The van der Waals surface area contributed by atoms with Crippen molar-refractivity contribution in [3.63, 3.8) is 0 Å². The summed E-state index contributed by atoms with van der Waals surface area (Å²) < 4.78 is 1.52. The maximum absolute atomic E-state index is 14.0. The largest absolute Gasteiger partial charge is 0.347 e. The van der Waals surface area contributed by atoms with Gasteiger partial charge < -0.3 is 30.7 Å². The lowest BCUT2D eigenvalue weighted by Crippen LogP contribution is -2.60. The zero-order valence-electron chi connectivity index (χ0n) is 26.4. The number of urea groups is 1. The van der Waals surface area contributed by atoms with Crippen LogP contribution < -0.4 is 26.8 Å². The Hall–Kier alpha value is -3.96. The van der Waals surface area contributed by atoms with E-state index in [9.17, 15) is 28.8 Å². The standard InChI is InChI=1S/C31H48N6O6/c1-9-13-32-28(41)24(38)16-33-27(40)23-15-21(19(2)3)17-37(23)29(42)26(31(6,7)8)35-30(43)34-22(20(4)5)18-36-14-11-10-12-25(36)39/h9-12,14,19-23,26H,1,13,15-18H2,2-8H3,(H,32,41)(H,33,40)(H2,34,35,43)/t21?,22-,23+,26-/m1/s1. The highest BCUT2D eigenvalue weighted by Gasteiger charge is 2.45. The van der Waals surface area contributed by atoms with Crippen molar-refractivity contribution in [2.24, 2.45) is 23.2 Å². The predicted molar refractivity (Wildman–Crippen MR) is 164 cm³/mol. The van der Waals surface area contributed by atoms with Gasteiger partial charge in [-0.3, -0.25) is 24.0 Å². The maximum Gasteiger partial charge on any atom is 0.315 e. The third-order valence-corrected chi connectivity index (χ3v) is 7.75. The van der Waals surface area contributed by atoms with Gasteiger partial charge in [0.25, 0.3) is 11.5 Å². The molecule has 1 unspecified atom stereocenters. The fourth-order valence-electron chi connectivity index (χ4n) is 4.87. The molecule has 0 bridgehead atoms. The van der Waals surface area contributed by atoms with Crippen LogP contribution in [0.5, 0.6) is 0 Å². The number of hydrogen-bond donors (Lipinski definition) is 4. The van der Waals surface area contributed by atoms with Crippen molar-refractivity contribution in [2.45, 2.75) is 79.6 Å². The first-order valence-electron chi connectivity index (χ1n) is 14.8. The summed E-state index contributed by atoms with van der Waals surface area (Å²) in [5.74, 6) is -2.41. The molecule has 1 aliphatic rings. The molecule has 238 valence electrons. The summed E-state index contributed by atoms with van der Waals surface area (Å²) in [7, 11) is 0. The molecule has 0 spiro atoms. The number of carbonyl (C=O) groups excluding carboxylic acids is 5. The highest BCUT2D eigenvalue weighted by molar-refractivity contribution is 6.37. The lowest BCUT2D eigenvalue weighted by molar-refractivity contribution is -0.142. The second kappa shape index (κ2) is 15.5. The number of amides is 5. The molecular weight excluding hydrogens is 552 g/mol. The normalized spacial score (nSPS) is 18.1. The molecule has 0 radical (unpaired) electrons. The van der Waals surface area contributed by atoms with Gasteiger partial charge in [0.15, 0.2) is 0 Å². The van der Waals surface area contributed by atoms with Gasteiger partial charge in [-0.05, 0) is 35.7 Å². The van der Waals surface area contributed by atoms with Crippen molar-refractivity contribution >= 4 is 29.5 Å². The van der Waals surface area contributed by atoms with Gasteiger partial charge in [-0.1, -0.05) is 60.6 Å². The molecule has 2 rings (SSSR count). The molecule has 4 atom stereocenters. The average Bonchev–Trinajstić information content (AvgIpc) is 3.39. The Labute approximate surface area is 254 Å². The fraction of sp³-hybridized carbons (Fsp3) is 0.613. The van der Waals surface area contributed by atoms with Crippen LogP contribution in [-0.2, 0) is 25.7 Å². The van der Waals surface area contributed by atoms with E-state index < -0.39 is 59.6 Å². The molecule has 43 heavy (non-hydrogen) atoms. The third kappa shape index (κ3) is 10.1. The summed E-state index contributed by atoms with van der Waals surface area (Å²) in [6, 6.07) is 2.04. The number of carbonyl (C=O) groups is 5. The zero-order valence-corrected chi connectivity index (χ0v) is 26.4. The van der Waals surface area contributed by atoms with Crippen LogP contribution >= 0.6 is 0 Å². The van der Waals surface area contributed by atoms with Crippen LogP contribution in [0.4, 0.5) is 4.79 Å². The van der Waals surface area contributed by atoms with E-state index in [1.807, 2.05) is 48.5 Å². The smallest absolute Gasteiger partial charge is 0.315 e. The minimum atomic E-state index is -0.979. The minimum Gasteiger partial charge on any atom is -0.347 e. The van der Waals surface area contributed by atoms with Crippen molar-refractivity contribution in [1.82, 2.24) is 30.7 Å². The maximum atomic E-state index is 14.0. The molecule has 12 heteroatoms. The molecule has 5 amide bonds. The molecule has 1 aromatic rings. The zero-order chi connectivity index (χ0) is 32.5. The van der Waals surface area contributed by atoms with E-state index in [1.54, 1.807) is 18.3 Å². The summed E-state index contributed by atoms with van der Waals surface area (Å²) in [6.45, 7) is 17.0. The summed E-state index contributed by atoms with van der Waals surface area (Å²) in [5.41, 5.74) is -0.899. The van der Waals surface area contributed by atoms with Gasteiger partial charge in [0.2, 0.25) is 17.6 Å². The molecular formula is C31H48N6O6. The van der Waals surface area contributed by atoms with Gasteiger partial charge in [0.1, 0.15) is 12.1 Å². The predicted octanol–water partition coefficient (Wildman–Crippen LogP) is 1.45. The molecule has 1 fully saturated rings. The van der Waals surface area contributed by atoms with E-state index >= 15 is 0 Å². The highest BCUT2D eigenvalue weighted by Crippen LogP contribution is 2.32. The average molecular weight is 601 g/mol. The van der Waals surface area contributed by atoms with Crippen molar-refractivity contribution in [1.29, 1.82) is 0 Å². The first-order valence-corrected chi connectivity index (χ1v) is 14.8. The van der Waals surface area contributed by atoms with Crippen LogP contribution in [0.1, 0.15) is 54.9 Å². The quantitative estimate of drug-likeness (QED) is 0.198. The molecule has 0 aromatic carbocycles. The van der Waals surface area contributed by atoms with E-state index in [-0.39, 0.29) is 36.4 Å². The Balaban J connectivity index is 2.21. The summed E-state index contributed by atoms with van der Waals surface area (Å²) >= 11 is 0. The number of nitrogens with zero attached hydrogens (tertiary/aromatic N) is 2. The van der Waals surface area contributed by atoms with Crippen LogP contribution in [0.2, 0.25) is 0 Å². The fourth-order valence-corrected chi connectivity index (χ4v) is 4.87. The number of rotatable bonds is 13. The number of hydrogen-bond acceptors (Lipinski definition) is 6. The Bertz CT molecular complexity index is 1230. The monoisotopic (exact) mass is 600 g/mol. The highest BCUT2D eigenvalue weighted by atomic mass is 16.2. The van der Waals surface area contributed by atoms with E-state index in [2.05, 4.69) is 27.8 Å². The first-order chi connectivity index (χ1) is 20.1. The van der Waals surface area contributed by atoms with Gasteiger partial charge in [-0.2, -0.15) is 0 Å². The molecule has 4 N–H and O–H groups in total. The Morgan fingerprint density at radius 2 is 1.72 bits per heavy atom. The summed E-state index contributed by atoms with van der Waals surface area (Å²) in [5, 5.41) is 10.6. The van der Waals surface area contributed by atoms with Crippen molar-refractivity contribution in [3.8, 4) is 0 Å². The van der Waals surface area contributed by atoms with Crippen LogP contribution in [0.25, 0.3) is 0 Å². The molecule has 0 saturated carbocycles. The molecule has 0 aliphatic carbocycles. The molecule has 12 nitrogen and oxygen atoms in total. The number of ketones is 1. The Morgan fingerprint density at radius 3 is 2.28 bits per heavy atom. The van der Waals surface area contributed by atoms with Crippen molar-refractivity contribution < 1.29 is 24.0 Å². The first kappa shape index (κ1) is 35.2. The van der Waals surface area contributed by atoms with Crippen LogP contribution in [0.15, 0.2) is 41.8 Å². The summed E-state index contributed by atoms with van der Waals surface area (Å²) in [4.78, 5) is 78.4. The van der Waals surface area contributed by atoms with Gasteiger partial charge in [0.05, 0.1) is 12.6 Å². The molecule has 1 aliphatic heterocycles. The van der Waals surface area contributed by atoms with E-state index in [0.717, 1.165) is 0 Å². The van der Waals surface area contributed by atoms with E-state index in [0.29, 0.717) is 13.0 Å². The summed E-state index contributed by atoms with van der Waals surface area (Å²) in [6.07, 6.45) is 3.48. The number of aromatic nitrogens is 1. The third-order valence-electron chi connectivity index (χ3n) is 7.75. The van der Waals surface area contributed by atoms with E-state index in [4.69, 9.17) is 0 Å². The van der Waals surface area contributed by atoms with Gasteiger partial charge >= 0.3 is 6.03 Å². The Kier molecular flexibility index (Phi) is 12.7. The number of pyridine rings is 1. The second-order valence-electron chi connectivity index (χ2n) is 12.8. The van der Waals surface area contributed by atoms with Crippen LogP contribution in [0, 0.1) is 23.2 Å². The van der Waals surface area contributed by atoms with Crippen LogP contribution in [0.3, 0.4) is 0 Å². The van der Waals surface area contributed by atoms with Gasteiger partial charge in [0, 0.05) is 31.9 Å². The molecule has 2 heterocycles. The molecule has 1 saturated heterocycles. The van der Waals surface area contributed by atoms with Crippen LogP contribution in [-0.4, -0.2) is 76.8 Å². The van der Waals surface area contributed by atoms with E-state index in [1.165, 1.54) is 21.6 Å². The number of likely N-dealkylation sites (tertiary alicyclic amines) is 1.